The number of carbonyl (C=O) groups excluding carboxylic acids is 2. The third kappa shape index (κ3) is 1.84. The molecule has 0 spiro atoms. The molecule has 2 atom stereocenters. The van der Waals surface area contributed by atoms with E-state index < -0.39 is 24.1 Å². The Balaban J connectivity index is 2.96. The Morgan fingerprint density at radius 1 is 1.58 bits per heavy atom. The molecule has 0 aliphatic carbocycles. The van der Waals surface area contributed by atoms with Gasteiger partial charge in [0.05, 0.1) is 0 Å². The van der Waals surface area contributed by atoms with Gasteiger partial charge in [-0.05, 0) is 11.8 Å². The van der Waals surface area contributed by atoms with Crippen molar-refractivity contribution in [1.82, 2.24) is 5.31 Å². The van der Waals surface area contributed by atoms with Crippen LogP contribution in [0.25, 0.3) is 0 Å². The molecule has 0 aromatic rings. The van der Waals surface area contributed by atoms with Gasteiger partial charge in [0, 0.05) is 13.7 Å². The SMILES string of the molecule is [2H]C1CC(=O)N([2H])C(=O)C1C(C)(C)C. The van der Waals surface area contributed by atoms with Crippen molar-refractivity contribution in [2.45, 2.75) is 33.6 Å². The van der Waals surface area contributed by atoms with E-state index in [-0.39, 0.29) is 11.8 Å². The number of hydrogen-bond acceptors (Lipinski definition) is 2. The van der Waals surface area contributed by atoms with Crippen LogP contribution in [-0.2, 0) is 9.59 Å². The fourth-order valence-corrected chi connectivity index (χ4v) is 1.28. The van der Waals surface area contributed by atoms with Gasteiger partial charge in [-0.25, -0.2) is 0 Å². The van der Waals surface area contributed by atoms with Gasteiger partial charge in [0.1, 0.15) is 0 Å². The minimum absolute atomic E-state index is 0.0306. The molecule has 1 rings (SSSR count). The van der Waals surface area contributed by atoms with Gasteiger partial charge in [0.2, 0.25) is 11.8 Å². The van der Waals surface area contributed by atoms with E-state index in [4.69, 9.17) is 2.78 Å². The molecule has 2 amide bonds. The molecule has 0 saturated carbocycles. The van der Waals surface area contributed by atoms with Gasteiger partial charge in [-0.2, -0.15) is 0 Å². The normalized spacial score (nSPS) is 34.8. The molecule has 1 aliphatic rings. The van der Waals surface area contributed by atoms with E-state index in [1.165, 1.54) is 0 Å². The summed E-state index contributed by atoms with van der Waals surface area (Å²) in [5.74, 6) is -1.68. The number of hydrogen-bond donors (Lipinski definition) is 1. The minimum Gasteiger partial charge on any atom is -0.296 e. The van der Waals surface area contributed by atoms with Crippen LogP contribution in [0.4, 0.5) is 0 Å². The number of carbonyl (C=O) groups is 2. The second-order valence-corrected chi connectivity index (χ2v) is 4.13. The van der Waals surface area contributed by atoms with Gasteiger partial charge in [-0.15, -0.1) is 0 Å². The van der Waals surface area contributed by atoms with E-state index in [9.17, 15) is 9.59 Å². The molecular weight excluding hydrogens is 154 g/mol. The second kappa shape index (κ2) is 2.88. The van der Waals surface area contributed by atoms with E-state index in [0.717, 1.165) is 0 Å². The Labute approximate surface area is 75.4 Å². The summed E-state index contributed by atoms with van der Waals surface area (Å²) in [4.78, 5) is 22.7. The molecule has 3 nitrogen and oxygen atoms in total. The lowest BCUT2D eigenvalue weighted by Crippen LogP contribution is -2.45. The highest BCUT2D eigenvalue weighted by molar-refractivity contribution is 5.98. The van der Waals surface area contributed by atoms with Crippen LogP contribution in [0.3, 0.4) is 0 Å². The number of rotatable bonds is 0. The monoisotopic (exact) mass is 171 g/mol. The van der Waals surface area contributed by atoms with Gasteiger partial charge in [0.15, 0.2) is 1.41 Å². The van der Waals surface area contributed by atoms with Gasteiger partial charge >= 0.3 is 0 Å². The number of amides is 2. The third-order valence-corrected chi connectivity index (χ3v) is 1.96. The van der Waals surface area contributed by atoms with E-state index in [1.54, 1.807) is 0 Å². The van der Waals surface area contributed by atoms with Crippen molar-refractivity contribution in [3.63, 3.8) is 0 Å². The van der Waals surface area contributed by atoms with Gasteiger partial charge in [-0.1, -0.05) is 20.8 Å². The third-order valence-electron chi connectivity index (χ3n) is 1.96. The van der Waals surface area contributed by atoms with Crippen LogP contribution in [0.15, 0.2) is 0 Å². The standard InChI is InChI=1S/C9H15NO2/c1-9(2,3)6-4-5-7(11)10-8(6)12/h6H,4-5H2,1-3H3,(H,10,11,12)/i4D/hD. The van der Waals surface area contributed by atoms with Crippen molar-refractivity contribution in [1.29, 1.82) is 0 Å². The van der Waals surface area contributed by atoms with Crippen LogP contribution in [0, 0.1) is 11.3 Å². The molecule has 1 aliphatic heterocycles. The van der Waals surface area contributed by atoms with Crippen molar-refractivity contribution >= 4 is 11.8 Å². The lowest BCUT2D eigenvalue weighted by atomic mass is 9.76. The van der Waals surface area contributed by atoms with Crippen molar-refractivity contribution < 1.29 is 12.4 Å². The summed E-state index contributed by atoms with van der Waals surface area (Å²) in [5, 5.41) is 0.404. The maximum absolute atomic E-state index is 11.6. The summed E-state index contributed by atoms with van der Waals surface area (Å²) >= 11 is 0. The van der Waals surface area contributed by atoms with Gasteiger partial charge < -0.3 is 0 Å². The summed E-state index contributed by atoms with van der Waals surface area (Å²) in [7, 11) is 0. The first-order valence-electron chi connectivity index (χ1n) is 5.05. The fraction of sp³-hybridized carbons (Fsp3) is 0.778. The number of nitrogens with one attached hydrogen (secondary N) is 1. The summed E-state index contributed by atoms with van der Waals surface area (Å²) in [6.45, 7) is 5.54. The van der Waals surface area contributed by atoms with E-state index in [0.29, 0.717) is 5.31 Å². The van der Waals surface area contributed by atoms with Crippen LogP contribution in [-0.4, -0.2) is 11.8 Å². The average Bonchev–Trinajstić information content (AvgIpc) is 1.97. The van der Waals surface area contributed by atoms with Crippen molar-refractivity contribution in [2.24, 2.45) is 11.3 Å². The van der Waals surface area contributed by atoms with E-state index >= 15 is 0 Å². The molecule has 0 bridgehead atoms. The van der Waals surface area contributed by atoms with Crippen LogP contribution in [0.2, 0.25) is 1.41 Å². The first-order valence-corrected chi connectivity index (χ1v) is 4.03. The molecule has 12 heavy (non-hydrogen) atoms. The van der Waals surface area contributed by atoms with Crippen molar-refractivity contribution in [3.05, 3.63) is 0 Å². The van der Waals surface area contributed by atoms with E-state index in [1.807, 2.05) is 20.8 Å². The first-order chi connectivity index (χ1) is 6.25. The molecular formula is C9H15NO2. The van der Waals surface area contributed by atoms with Crippen molar-refractivity contribution in [2.75, 3.05) is 0 Å². The summed E-state index contributed by atoms with van der Waals surface area (Å²) in [5.41, 5.74) is -0.372. The van der Waals surface area contributed by atoms with E-state index in [2.05, 4.69) is 0 Å². The average molecular weight is 171 g/mol. The van der Waals surface area contributed by atoms with Gasteiger partial charge in [-0.3, -0.25) is 14.9 Å². The quantitative estimate of drug-likeness (QED) is 0.554. The zero-order chi connectivity index (χ0) is 11.1. The highest BCUT2D eigenvalue weighted by Gasteiger charge is 2.35. The van der Waals surface area contributed by atoms with Crippen LogP contribution in [0.5, 0.6) is 0 Å². The highest BCUT2D eigenvalue weighted by Crippen LogP contribution is 2.31. The molecule has 3 heteroatoms. The lowest BCUT2D eigenvalue weighted by Gasteiger charge is -2.31. The topological polar surface area (TPSA) is 46.2 Å². The Kier molecular flexibility index (Phi) is 1.59. The smallest absolute Gasteiger partial charge is 0.230 e. The fourth-order valence-electron chi connectivity index (χ4n) is 1.28. The summed E-state index contributed by atoms with van der Waals surface area (Å²) in [6, 6.07) is 0. The van der Waals surface area contributed by atoms with Gasteiger partial charge in [0.25, 0.3) is 0 Å². The number of imide groups is 1. The zero-order valence-electron chi connectivity index (χ0n) is 9.63. The molecule has 0 aromatic heterocycles. The summed E-state index contributed by atoms with van der Waals surface area (Å²) in [6.07, 6.45) is -0.742. The number of piperidine rings is 1. The van der Waals surface area contributed by atoms with Crippen molar-refractivity contribution in [3.8, 4) is 0 Å². The maximum Gasteiger partial charge on any atom is 0.230 e. The largest absolute Gasteiger partial charge is 0.296 e. The first kappa shape index (κ1) is 6.63. The predicted molar refractivity (Wildman–Crippen MR) is 45.3 cm³/mol. The second-order valence-electron chi connectivity index (χ2n) is 4.13. The Bertz CT molecular complexity index is 272. The van der Waals surface area contributed by atoms with Crippen LogP contribution in [0.1, 0.15) is 35.0 Å². The van der Waals surface area contributed by atoms with Crippen LogP contribution < -0.4 is 5.31 Å². The molecule has 2 unspecified atom stereocenters. The highest BCUT2D eigenvalue weighted by atomic mass is 16.2. The zero-order valence-corrected chi connectivity index (χ0v) is 7.63. The molecule has 0 aromatic carbocycles. The Morgan fingerprint density at radius 3 is 2.67 bits per heavy atom. The molecule has 1 saturated heterocycles. The Hall–Kier alpha value is -0.860. The molecule has 1 fully saturated rings. The lowest BCUT2D eigenvalue weighted by molar-refractivity contribution is -0.139. The Morgan fingerprint density at radius 2 is 2.17 bits per heavy atom. The molecule has 68 valence electrons. The molecule has 0 radical (unpaired) electrons. The summed E-state index contributed by atoms with van der Waals surface area (Å²) < 4.78 is 14.9. The minimum atomic E-state index is -0.711. The molecule has 1 N–H and O–H groups in total. The predicted octanol–water partition coefficient (Wildman–Crippen LogP) is 1.09. The van der Waals surface area contributed by atoms with Crippen LogP contribution >= 0.6 is 0 Å². The maximum atomic E-state index is 11.6. The molecule has 1 heterocycles.